The van der Waals surface area contributed by atoms with E-state index in [2.05, 4.69) is 32.7 Å². The molecule has 112 valence electrons. The molecule has 2 saturated heterocycles. The minimum Gasteiger partial charge on any atom is -0.404 e. The molecule has 0 amide bonds. The summed E-state index contributed by atoms with van der Waals surface area (Å²) in [6.45, 7) is 7.75. The molecule has 6 atom stereocenters. The van der Waals surface area contributed by atoms with Gasteiger partial charge >= 0.3 is 7.12 Å². The molecular formula is C15H26BNO3. The predicted molar refractivity (Wildman–Crippen MR) is 77.2 cm³/mol. The third-order valence-electron chi connectivity index (χ3n) is 6.86. The number of likely N-dealkylation sites (tertiary alicyclic amines) is 1. The number of hydrogen-bond acceptors (Lipinski definition) is 4. The van der Waals surface area contributed by atoms with E-state index in [1.807, 2.05) is 0 Å². The van der Waals surface area contributed by atoms with Gasteiger partial charge in [-0.1, -0.05) is 13.8 Å². The topological polar surface area (TPSA) is 41.9 Å². The molecule has 1 N–H and O–H groups in total. The first-order valence-electron chi connectivity index (χ1n) is 8.04. The summed E-state index contributed by atoms with van der Waals surface area (Å²) < 4.78 is 12.8. The lowest BCUT2D eigenvalue weighted by Crippen LogP contribution is -2.65. The lowest BCUT2D eigenvalue weighted by Gasteiger charge is -2.64. The van der Waals surface area contributed by atoms with Gasteiger partial charge in [0.15, 0.2) is 0 Å². The van der Waals surface area contributed by atoms with Crippen molar-refractivity contribution in [2.24, 2.45) is 17.3 Å². The Morgan fingerprint density at radius 1 is 1.20 bits per heavy atom. The van der Waals surface area contributed by atoms with E-state index in [0.717, 1.165) is 25.3 Å². The standard InChI is InChI=1S/C15H26BNO3/c1-14(2)9-5-11(14)15(3)12(6-9)19-16(20-15)13-7-10(18)8-17(13)4/h9-13,18H,5-8H2,1-4H3/t9?,10-,11?,12?,13-,15-/m0/s1. The van der Waals surface area contributed by atoms with Gasteiger partial charge in [0, 0.05) is 12.5 Å². The SMILES string of the molecule is CN1C[C@@H](O)C[C@H]1B1OC2CC3CC(C3(C)C)[C@]2(C)O1. The van der Waals surface area contributed by atoms with E-state index in [1.165, 1.54) is 6.42 Å². The van der Waals surface area contributed by atoms with Crippen molar-refractivity contribution in [3.8, 4) is 0 Å². The van der Waals surface area contributed by atoms with Crippen molar-refractivity contribution >= 4 is 7.12 Å². The Morgan fingerprint density at radius 3 is 2.55 bits per heavy atom. The zero-order valence-electron chi connectivity index (χ0n) is 13.0. The molecule has 0 radical (unpaired) electrons. The molecule has 0 spiro atoms. The molecular weight excluding hydrogens is 253 g/mol. The quantitative estimate of drug-likeness (QED) is 0.735. The van der Waals surface area contributed by atoms with Gasteiger partial charge in [-0.3, -0.25) is 0 Å². The zero-order chi connectivity index (χ0) is 14.3. The highest BCUT2D eigenvalue weighted by Gasteiger charge is 2.68. The lowest BCUT2D eigenvalue weighted by atomic mass is 9.43. The number of aliphatic hydroxyl groups is 1. The van der Waals surface area contributed by atoms with Crippen molar-refractivity contribution in [2.45, 2.75) is 63.8 Å². The maximum atomic E-state index is 9.84. The first-order valence-corrected chi connectivity index (χ1v) is 8.04. The van der Waals surface area contributed by atoms with Crippen molar-refractivity contribution in [3.63, 3.8) is 0 Å². The highest BCUT2D eigenvalue weighted by atomic mass is 16.7. The number of rotatable bonds is 1. The molecule has 3 aliphatic carbocycles. The Balaban J connectivity index is 1.55. The van der Waals surface area contributed by atoms with Gasteiger partial charge in [0.2, 0.25) is 0 Å². The first-order chi connectivity index (χ1) is 9.32. The Kier molecular flexibility index (Phi) is 2.71. The average molecular weight is 279 g/mol. The number of likely N-dealkylation sites (N-methyl/N-ethyl adjacent to an activating group) is 1. The Morgan fingerprint density at radius 2 is 1.95 bits per heavy atom. The molecule has 4 nitrogen and oxygen atoms in total. The second kappa shape index (κ2) is 4.00. The highest BCUT2D eigenvalue weighted by molar-refractivity contribution is 6.47. The molecule has 0 aromatic rings. The Bertz CT molecular complexity index is 431. The van der Waals surface area contributed by atoms with Crippen molar-refractivity contribution in [3.05, 3.63) is 0 Å². The summed E-state index contributed by atoms with van der Waals surface area (Å²) in [7, 11) is 1.89. The summed E-state index contributed by atoms with van der Waals surface area (Å²) in [5, 5.41) is 9.84. The molecule has 5 rings (SSSR count). The molecule has 2 bridgehead atoms. The molecule has 20 heavy (non-hydrogen) atoms. The Labute approximate surface area is 121 Å². The fourth-order valence-corrected chi connectivity index (χ4v) is 5.38. The van der Waals surface area contributed by atoms with Crippen LogP contribution in [0.2, 0.25) is 0 Å². The van der Waals surface area contributed by atoms with Crippen LogP contribution in [-0.2, 0) is 9.31 Å². The van der Waals surface area contributed by atoms with Crippen LogP contribution >= 0.6 is 0 Å². The van der Waals surface area contributed by atoms with Gasteiger partial charge in [-0.2, -0.15) is 0 Å². The minimum absolute atomic E-state index is 0.128. The van der Waals surface area contributed by atoms with Gasteiger partial charge in [0.1, 0.15) is 0 Å². The van der Waals surface area contributed by atoms with E-state index >= 15 is 0 Å². The third-order valence-corrected chi connectivity index (χ3v) is 6.86. The number of hydrogen-bond donors (Lipinski definition) is 1. The van der Waals surface area contributed by atoms with E-state index in [4.69, 9.17) is 9.31 Å². The van der Waals surface area contributed by atoms with Crippen LogP contribution in [0, 0.1) is 17.3 Å². The summed E-state index contributed by atoms with van der Waals surface area (Å²) in [6.07, 6.45) is 3.20. The molecule has 3 saturated carbocycles. The normalized spacial score (nSPS) is 53.9. The molecule has 5 heteroatoms. The van der Waals surface area contributed by atoms with Crippen molar-refractivity contribution in [1.29, 1.82) is 0 Å². The van der Waals surface area contributed by atoms with Gasteiger partial charge in [-0.05, 0) is 50.5 Å². The Hall–Kier alpha value is -0.0951. The summed E-state index contributed by atoms with van der Waals surface area (Å²) in [5.74, 6) is 1.60. The predicted octanol–water partition coefficient (Wildman–Crippen LogP) is 1.32. The second-order valence-electron chi connectivity index (χ2n) is 8.23. The van der Waals surface area contributed by atoms with Gasteiger partial charge in [-0.15, -0.1) is 0 Å². The van der Waals surface area contributed by atoms with Crippen LogP contribution in [0.5, 0.6) is 0 Å². The van der Waals surface area contributed by atoms with Gasteiger partial charge in [0.25, 0.3) is 0 Å². The number of aliphatic hydroxyl groups excluding tert-OH is 1. The van der Waals surface area contributed by atoms with E-state index in [0.29, 0.717) is 11.3 Å². The maximum absolute atomic E-state index is 9.84. The van der Waals surface area contributed by atoms with Gasteiger partial charge in [0.05, 0.1) is 17.8 Å². The highest BCUT2D eigenvalue weighted by Crippen LogP contribution is 2.65. The van der Waals surface area contributed by atoms with E-state index in [1.54, 1.807) is 0 Å². The van der Waals surface area contributed by atoms with Crippen LogP contribution in [-0.4, -0.2) is 54.5 Å². The summed E-state index contributed by atoms with van der Waals surface area (Å²) in [5.41, 5.74) is 0.266. The number of nitrogens with zero attached hydrogens (tertiary/aromatic N) is 1. The summed E-state index contributed by atoms with van der Waals surface area (Å²) >= 11 is 0. The molecule has 2 heterocycles. The van der Waals surface area contributed by atoms with Crippen molar-refractivity contribution in [1.82, 2.24) is 4.90 Å². The van der Waals surface area contributed by atoms with Gasteiger partial charge < -0.3 is 19.3 Å². The fourth-order valence-electron chi connectivity index (χ4n) is 5.38. The minimum atomic E-state index is -0.238. The number of β-amino-alcohol motifs (C(OH)–C–C–N with tert-alkyl or cyclic N) is 1. The molecule has 0 aromatic carbocycles. The summed E-state index contributed by atoms with van der Waals surface area (Å²) in [4.78, 5) is 2.19. The summed E-state index contributed by atoms with van der Waals surface area (Å²) in [6, 6.07) is 0. The monoisotopic (exact) mass is 279 g/mol. The molecule has 3 unspecified atom stereocenters. The van der Waals surface area contributed by atoms with Crippen LogP contribution in [0.1, 0.15) is 40.0 Å². The van der Waals surface area contributed by atoms with Crippen molar-refractivity contribution < 1.29 is 14.4 Å². The van der Waals surface area contributed by atoms with E-state index < -0.39 is 0 Å². The second-order valence-corrected chi connectivity index (χ2v) is 8.23. The molecule has 2 aliphatic heterocycles. The van der Waals surface area contributed by atoms with Gasteiger partial charge in [-0.25, -0.2) is 0 Å². The average Bonchev–Trinajstić information content (AvgIpc) is 2.87. The van der Waals surface area contributed by atoms with Crippen LogP contribution in [0.3, 0.4) is 0 Å². The molecule has 0 aromatic heterocycles. The van der Waals surface area contributed by atoms with Crippen LogP contribution in [0.25, 0.3) is 0 Å². The molecule has 5 aliphatic rings. The van der Waals surface area contributed by atoms with Crippen LogP contribution < -0.4 is 0 Å². The largest absolute Gasteiger partial charge is 0.476 e. The fraction of sp³-hybridized carbons (Fsp3) is 1.00. The third kappa shape index (κ3) is 1.58. The van der Waals surface area contributed by atoms with Crippen LogP contribution in [0.4, 0.5) is 0 Å². The lowest BCUT2D eigenvalue weighted by molar-refractivity contribution is -0.199. The van der Waals surface area contributed by atoms with E-state index in [-0.39, 0.29) is 30.9 Å². The molecule has 5 fully saturated rings. The van der Waals surface area contributed by atoms with Crippen molar-refractivity contribution in [2.75, 3.05) is 13.6 Å². The van der Waals surface area contributed by atoms with E-state index in [9.17, 15) is 5.11 Å². The van der Waals surface area contributed by atoms with Crippen LogP contribution in [0.15, 0.2) is 0 Å². The first kappa shape index (κ1) is 13.6. The smallest absolute Gasteiger partial charge is 0.404 e. The maximum Gasteiger partial charge on any atom is 0.476 e. The zero-order valence-corrected chi connectivity index (χ0v) is 13.0.